The molecule has 0 unspecified atom stereocenters. The van der Waals surface area contributed by atoms with Gasteiger partial charge in [0.2, 0.25) is 5.91 Å². The topological polar surface area (TPSA) is 88.7 Å². The van der Waals surface area contributed by atoms with Crippen molar-refractivity contribution in [3.05, 3.63) is 59.2 Å². The Kier molecular flexibility index (Phi) is 6.10. The first-order valence-corrected chi connectivity index (χ1v) is 13.7. The van der Waals surface area contributed by atoms with Crippen LogP contribution in [-0.4, -0.2) is 52.1 Å². The minimum Gasteiger partial charge on any atom is -0.487 e. The molecule has 2 aliphatic heterocycles. The number of nitrogens with zero attached hydrogens (tertiary/aromatic N) is 4. The molecule has 38 heavy (non-hydrogen) atoms. The molecule has 200 valence electrons. The van der Waals surface area contributed by atoms with Gasteiger partial charge in [-0.25, -0.2) is 4.98 Å². The van der Waals surface area contributed by atoms with Crippen molar-refractivity contribution in [3.8, 4) is 11.4 Å². The van der Waals surface area contributed by atoms with Gasteiger partial charge >= 0.3 is 0 Å². The molecule has 1 aromatic heterocycles. The number of carbonyl (C=O) groups is 1. The van der Waals surface area contributed by atoms with E-state index in [-0.39, 0.29) is 17.4 Å². The highest BCUT2D eigenvalue weighted by atomic mass is 16.5. The molecule has 2 aromatic carbocycles. The van der Waals surface area contributed by atoms with E-state index in [1.165, 1.54) is 16.7 Å². The summed E-state index contributed by atoms with van der Waals surface area (Å²) in [6.45, 7) is 13.1. The molecule has 1 aliphatic carbocycles. The van der Waals surface area contributed by atoms with Crippen LogP contribution in [0.1, 0.15) is 48.9 Å². The number of nitrogens with one attached hydrogen (secondary N) is 1. The predicted octanol–water partition coefficient (Wildman–Crippen LogP) is 4.46. The minimum absolute atomic E-state index is 0.110. The number of amides is 1. The van der Waals surface area contributed by atoms with Crippen LogP contribution in [-0.2, 0) is 17.8 Å². The zero-order chi connectivity index (χ0) is 26.6. The Morgan fingerprint density at radius 3 is 2.61 bits per heavy atom. The molecule has 3 aliphatic rings. The molecule has 2 fully saturated rings. The Hall–Kier alpha value is -3.52. The number of rotatable bonds is 6. The first-order chi connectivity index (χ1) is 18.2. The normalized spacial score (nSPS) is 18.8. The van der Waals surface area contributed by atoms with Crippen molar-refractivity contribution in [2.24, 2.45) is 5.92 Å². The number of hydrogen-bond acceptors (Lipinski definition) is 6. The molecular formula is C30H38N6O2. The maximum atomic E-state index is 12.5. The predicted molar refractivity (Wildman–Crippen MR) is 151 cm³/mol. The zero-order valence-electron chi connectivity index (χ0n) is 22.9. The van der Waals surface area contributed by atoms with Crippen molar-refractivity contribution in [1.29, 1.82) is 0 Å². The average Bonchev–Trinajstić information content (AvgIpc) is 3.52. The molecule has 3 N–H and O–H groups in total. The summed E-state index contributed by atoms with van der Waals surface area (Å²) in [5.74, 6) is 1.30. The summed E-state index contributed by atoms with van der Waals surface area (Å²) < 4.78 is 8.31. The van der Waals surface area contributed by atoms with E-state index in [1.54, 1.807) is 12.5 Å². The number of carbonyl (C=O) groups excluding carboxylic acids is 1. The Labute approximate surface area is 224 Å². The van der Waals surface area contributed by atoms with E-state index >= 15 is 0 Å². The van der Waals surface area contributed by atoms with Gasteiger partial charge in [0.25, 0.3) is 0 Å². The van der Waals surface area contributed by atoms with Gasteiger partial charge in [-0.05, 0) is 75.4 Å². The van der Waals surface area contributed by atoms with E-state index in [4.69, 9.17) is 10.5 Å². The molecule has 6 rings (SSSR count). The standard InChI is InChI=1S/C30H38N6O2/c1-19-20(2)28-23(16-30(3,4)38-28)24(27(19)31)17-34-11-13-35(14-12-34)22-7-8-25(33-29(37)21-5-6-21)26(15-22)36-10-9-32-18-36/h7-10,15,18,21H,5-6,11-14,16-17,31H2,1-4H3,(H,33,37). The number of nitrogen functional groups attached to an aromatic ring is 1. The van der Waals surface area contributed by atoms with E-state index in [0.29, 0.717) is 0 Å². The second-order valence-corrected chi connectivity index (χ2v) is 11.7. The molecule has 0 bridgehead atoms. The van der Waals surface area contributed by atoms with Crippen molar-refractivity contribution in [2.45, 2.75) is 59.1 Å². The lowest BCUT2D eigenvalue weighted by Gasteiger charge is -2.37. The van der Waals surface area contributed by atoms with Crippen molar-refractivity contribution in [1.82, 2.24) is 14.5 Å². The highest BCUT2D eigenvalue weighted by Crippen LogP contribution is 2.44. The molecule has 8 heteroatoms. The fourth-order valence-corrected chi connectivity index (χ4v) is 5.77. The van der Waals surface area contributed by atoms with Crippen molar-refractivity contribution < 1.29 is 9.53 Å². The van der Waals surface area contributed by atoms with Gasteiger partial charge in [-0.2, -0.15) is 0 Å². The zero-order valence-corrected chi connectivity index (χ0v) is 22.9. The van der Waals surface area contributed by atoms with Crippen LogP contribution < -0.4 is 20.7 Å². The van der Waals surface area contributed by atoms with Crippen LogP contribution in [0.2, 0.25) is 0 Å². The monoisotopic (exact) mass is 514 g/mol. The number of aromatic nitrogens is 2. The molecule has 0 spiro atoms. The molecule has 1 saturated heterocycles. The maximum Gasteiger partial charge on any atom is 0.227 e. The van der Waals surface area contributed by atoms with Gasteiger partial charge < -0.3 is 25.3 Å². The van der Waals surface area contributed by atoms with Crippen LogP contribution in [0.25, 0.3) is 5.69 Å². The molecule has 8 nitrogen and oxygen atoms in total. The first kappa shape index (κ1) is 24.8. The molecule has 1 saturated carbocycles. The van der Waals surface area contributed by atoms with E-state index < -0.39 is 0 Å². The third-order valence-corrected chi connectivity index (χ3v) is 8.34. The van der Waals surface area contributed by atoms with Crippen LogP contribution in [0.15, 0.2) is 36.9 Å². The fourth-order valence-electron chi connectivity index (χ4n) is 5.77. The van der Waals surface area contributed by atoms with E-state index in [2.05, 4.69) is 59.9 Å². The number of hydrogen-bond donors (Lipinski definition) is 2. The summed E-state index contributed by atoms with van der Waals surface area (Å²) in [6, 6.07) is 6.30. The van der Waals surface area contributed by atoms with Gasteiger partial charge in [0, 0.05) is 74.4 Å². The second kappa shape index (κ2) is 9.34. The number of fused-ring (bicyclic) bond motifs is 1. The third kappa shape index (κ3) is 4.62. The Morgan fingerprint density at radius 1 is 1.16 bits per heavy atom. The number of benzene rings is 2. The maximum absolute atomic E-state index is 12.5. The number of imidazole rings is 1. The van der Waals surface area contributed by atoms with Gasteiger partial charge in [0.05, 0.1) is 17.7 Å². The Bertz CT molecular complexity index is 1370. The van der Waals surface area contributed by atoms with E-state index in [0.717, 1.165) is 86.0 Å². The fraction of sp³-hybridized carbons (Fsp3) is 0.467. The quantitative estimate of drug-likeness (QED) is 0.473. The molecule has 0 atom stereocenters. The Balaban J connectivity index is 1.18. The van der Waals surface area contributed by atoms with Crippen molar-refractivity contribution in [2.75, 3.05) is 42.1 Å². The molecule has 0 radical (unpaired) electrons. The van der Waals surface area contributed by atoms with Gasteiger partial charge in [0.15, 0.2) is 0 Å². The molecule has 1 amide bonds. The van der Waals surface area contributed by atoms with Crippen LogP contribution in [0.5, 0.6) is 5.75 Å². The highest BCUT2D eigenvalue weighted by Gasteiger charge is 2.35. The van der Waals surface area contributed by atoms with E-state index in [1.807, 2.05) is 16.8 Å². The van der Waals surface area contributed by atoms with Crippen LogP contribution in [0.3, 0.4) is 0 Å². The summed E-state index contributed by atoms with van der Waals surface area (Å²) in [7, 11) is 0. The van der Waals surface area contributed by atoms with E-state index in [9.17, 15) is 4.79 Å². The van der Waals surface area contributed by atoms with Crippen LogP contribution in [0.4, 0.5) is 17.1 Å². The summed E-state index contributed by atoms with van der Waals surface area (Å²) >= 11 is 0. The lowest BCUT2D eigenvalue weighted by molar-refractivity contribution is -0.117. The van der Waals surface area contributed by atoms with Gasteiger partial charge in [-0.15, -0.1) is 0 Å². The second-order valence-electron chi connectivity index (χ2n) is 11.7. The van der Waals surface area contributed by atoms with Crippen LogP contribution >= 0.6 is 0 Å². The molecule has 3 aromatic rings. The Morgan fingerprint density at radius 2 is 1.92 bits per heavy atom. The molecular weight excluding hydrogens is 476 g/mol. The molecule has 3 heterocycles. The van der Waals surface area contributed by atoms with Gasteiger partial charge in [-0.3, -0.25) is 9.69 Å². The number of anilines is 3. The lowest BCUT2D eigenvalue weighted by Crippen LogP contribution is -2.46. The van der Waals surface area contributed by atoms with Crippen LogP contribution in [0, 0.1) is 19.8 Å². The smallest absolute Gasteiger partial charge is 0.227 e. The first-order valence-electron chi connectivity index (χ1n) is 13.7. The minimum atomic E-state index is -0.196. The summed E-state index contributed by atoms with van der Waals surface area (Å²) in [6.07, 6.45) is 8.32. The number of ether oxygens (including phenoxy) is 1. The summed E-state index contributed by atoms with van der Waals surface area (Å²) in [4.78, 5) is 21.6. The highest BCUT2D eigenvalue weighted by molar-refractivity contribution is 5.96. The number of piperazine rings is 1. The summed E-state index contributed by atoms with van der Waals surface area (Å²) in [5, 5.41) is 3.13. The van der Waals surface area contributed by atoms with Crippen molar-refractivity contribution >= 4 is 23.0 Å². The van der Waals surface area contributed by atoms with Crippen molar-refractivity contribution in [3.63, 3.8) is 0 Å². The summed E-state index contributed by atoms with van der Waals surface area (Å²) in [5.41, 5.74) is 15.1. The van der Waals surface area contributed by atoms with Gasteiger partial charge in [0.1, 0.15) is 11.4 Å². The van der Waals surface area contributed by atoms with Gasteiger partial charge in [-0.1, -0.05) is 0 Å². The average molecular weight is 515 g/mol. The third-order valence-electron chi connectivity index (χ3n) is 8.34. The lowest BCUT2D eigenvalue weighted by atomic mass is 9.91. The number of nitrogens with two attached hydrogens (primary N) is 1. The SMILES string of the molecule is Cc1c(C)c2c(c(CN3CCN(c4ccc(NC(=O)C5CC5)c(-n5ccnc5)c4)CC3)c1N)CC(C)(C)O2. The largest absolute Gasteiger partial charge is 0.487 e.